The fourth-order valence-electron chi connectivity index (χ4n) is 5.12. The number of nitrogens with one attached hydrogen (secondary N) is 2. The fraction of sp³-hybridized carbons (Fsp3) is 0.400. The summed E-state index contributed by atoms with van der Waals surface area (Å²) in [6.45, 7) is 2.50. The van der Waals surface area contributed by atoms with Gasteiger partial charge in [0.15, 0.2) is 0 Å². The standard InChI is InChI=1S/C35H43F2N3O5/c1-3-5-9-22-30(33(43)38-23-31(42)45-4-2)40(24-26-16-10-6-11-17-26)34(44)35(36,37)32(28-20-14-8-15-21-28)39-29(25-41)27-18-12-7-13-19-27/h6-8,10-21,29-30,32,39,41H,3-5,9,22-25H2,1-2H3,(H,38,43)/t29-,30-,32-/m0/s1. The van der Waals surface area contributed by atoms with Crippen molar-refractivity contribution < 1.29 is 33.0 Å². The summed E-state index contributed by atoms with van der Waals surface area (Å²) in [7, 11) is 0. The van der Waals surface area contributed by atoms with Gasteiger partial charge in [0.1, 0.15) is 18.6 Å². The summed E-state index contributed by atoms with van der Waals surface area (Å²) >= 11 is 0. The van der Waals surface area contributed by atoms with Gasteiger partial charge in [0, 0.05) is 6.54 Å². The molecule has 0 saturated heterocycles. The molecule has 45 heavy (non-hydrogen) atoms. The van der Waals surface area contributed by atoms with E-state index >= 15 is 8.78 Å². The Bertz CT molecular complexity index is 1330. The Morgan fingerprint density at radius 2 is 1.44 bits per heavy atom. The fourth-order valence-corrected chi connectivity index (χ4v) is 5.12. The third-order valence-electron chi connectivity index (χ3n) is 7.46. The summed E-state index contributed by atoms with van der Waals surface area (Å²) in [6.07, 6.45) is 2.14. The minimum Gasteiger partial charge on any atom is -0.465 e. The van der Waals surface area contributed by atoms with Gasteiger partial charge < -0.3 is 20.1 Å². The van der Waals surface area contributed by atoms with Crippen LogP contribution in [0.1, 0.15) is 68.3 Å². The molecule has 0 aromatic heterocycles. The van der Waals surface area contributed by atoms with E-state index in [0.29, 0.717) is 17.5 Å². The molecule has 0 aliphatic heterocycles. The van der Waals surface area contributed by atoms with Crippen LogP contribution in [0.2, 0.25) is 0 Å². The molecule has 2 amide bonds. The van der Waals surface area contributed by atoms with Gasteiger partial charge in [0.05, 0.1) is 19.3 Å². The van der Waals surface area contributed by atoms with E-state index in [4.69, 9.17) is 4.74 Å². The number of benzene rings is 3. The van der Waals surface area contributed by atoms with Crippen LogP contribution in [-0.2, 0) is 25.7 Å². The Labute approximate surface area is 263 Å². The highest BCUT2D eigenvalue weighted by molar-refractivity contribution is 5.92. The highest BCUT2D eigenvalue weighted by Crippen LogP contribution is 2.37. The highest BCUT2D eigenvalue weighted by atomic mass is 19.3. The Morgan fingerprint density at radius 3 is 2.00 bits per heavy atom. The lowest BCUT2D eigenvalue weighted by Gasteiger charge is -2.37. The molecule has 10 heteroatoms. The molecule has 3 aromatic carbocycles. The van der Waals surface area contributed by atoms with Gasteiger partial charge in [-0.3, -0.25) is 19.7 Å². The number of alkyl halides is 2. The van der Waals surface area contributed by atoms with Gasteiger partial charge in [-0.2, -0.15) is 8.78 Å². The number of unbranched alkanes of at least 4 members (excludes halogenated alkanes) is 2. The predicted octanol–water partition coefficient (Wildman–Crippen LogP) is 5.34. The van der Waals surface area contributed by atoms with E-state index in [0.717, 1.165) is 17.7 Å². The van der Waals surface area contributed by atoms with Gasteiger partial charge in [-0.15, -0.1) is 0 Å². The number of rotatable bonds is 18. The van der Waals surface area contributed by atoms with Crippen LogP contribution in [0.15, 0.2) is 91.0 Å². The number of aliphatic hydroxyl groups excluding tert-OH is 1. The second kappa shape index (κ2) is 18.0. The second-order valence-corrected chi connectivity index (χ2v) is 10.7. The molecule has 0 aliphatic rings. The first kappa shape index (κ1) is 35.3. The molecular weight excluding hydrogens is 580 g/mol. The molecule has 0 heterocycles. The average molecular weight is 624 g/mol. The lowest BCUT2D eigenvalue weighted by Crippen LogP contribution is -2.57. The molecule has 0 radical (unpaired) electrons. The molecule has 3 rings (SSSR count). The Hall–Kier alpha value is -4.15. The molecule has 3 atom stereocenters. The molecular formula is C35H43F2N3O5. The normalized spacial score (nSPS) is 13.4. The van der Waals surface area contributed by atoms with Gasteiger partial charge >= 0.3 is 11.9 Å². The lowest BCUT2D eigenvalue weighted by atomic mass is 9.95. The number of esters is 1. The van der Waals surface area contributed by atoms with Crippen LogP contribution in [0, 0.1) is 0 Å². The number of halogens is 2. The zero-order valence-electron chi connectivity index (χ0n) is 25.8. The van der Waals surface area contributed by atoms with Crippen molar-refractivity contribution in [2.45, 2.75) is 70.1 Å². The quantitative estimate of drug-likeness (QED) is 0.130. The van der Waals surface area contributed by atoms with Gasteiger partial charge in [-0.05, 0) is 30.0 Å². The van der Waals surface area contributed by atoms with Crippen LogP contribution in [0.25, 0.3) is 0 Å². The van der Waals surface area contributed by atoms with E-state index < -0.39 is 55.0 Å². The van der Waals surface area contributed by atoms with E-state index in [9.17, 15) is 19.5 Å². The van der Waals surface area contributed by atoms with Gasteiger partial charge in [0.2, 0.25) is 5.91 Å². The van der Waals surface area contributed by atoms with Gasteiger partial charge in [-0.25, -0.2) is 0 Å². The summed E-state index contributed by atoms with van der Waals surface area (Å²) < 4.78 is 38.5. The molecule has 3 N–H and O–H groups in total. The van der Waals surface area contributed by atoms with Gasteiger partial charge in [0.25, 0.3) is 5.91 Å². The van der Waals surface area contributed by atoms with E-state index in [2.05, 4.69) is 10.6 Å². The molecule has 8 nitrogen and oxygen atoms in total. The summed E-state index contributed by atoms with van der Waals surface area (Å²) in [5.74, 6) is -7.01. The van der Waals surface area contributed by atoms with E-state index in [-0.39, 0.29) is 25.1 Å². The van der Waals surface area contributed by atoms with Crippen molar-refractivity contribution in [1.29, 1.82) is 0 Å². The Balaban J connectivity index is 2.06. The SMILES string of the molecule is CCCCC[C@@H](C(=O)NCC(=O)OCC)N(Cc1ccccc1)C(=O)C(F)(F)[C@@H](N[C@@H](CO)c1ccccc1)c1ccccc1. The summed E-state index contributed by atoms with van der Waals surface area (Å²) in [5, 5.41) is 15.5. The number of hydrogen-bond acceptors (Lipinski definition) is 6. The van der Waals surface area contributed by atoms with Crippen molar-refractivity contribution in [1.82, 2.24) is 15.5 Å². The van der Waals surface area contributed by atoms with Crippen molar-refractivity contribution in [3.05, 3.63) is 108 Å². The van der Waals surface area contributed by atoms with Crippen LogP contribution in [0.5, 0.6) is 0 Å². The molecule has 0 spiro atoms. The van der Waals surface area contributed by atoms with Crippen molar-refractivity contribution in [2.24, 2.45) is 0 Å². The monoisotopic (exact) mass is 623 g/mol. The number of nitrogens with zero attached hydrogens (tertiary/aromatic N) is 1. The topological polar surface area (TPSA) is 108 Å². The average Bonchev–Trinajstić information content (AvgIpc) is 3.06. The van der Waals surface area contributed by atoms with Crippen LogP contribution in [-0.4, -0.2) is 59.5 Å². The third kappa shape index (κ3) is 10.2. The van der Waals surface area contributed by atoms with Crippen LogP contribution >= 0.6 is 0 Å². The van der Waals surface area contributed by atoms with Crippen molar-refractivity contribution in [3.63, 3.8) is 0 Å². The predicted molar refractivity (Wildman–Crippen MR) is 168 cm³/mol. The largest absolute Gasteiger partial charge is 0.465 e. The van der Waals surface area contributed by atoms with Crippen molar-refractivity contribution in [3.8, 4) is 0 Å². The number of hydrogen-bond donors (Lipinski definition) is 3. The molecule has 3 aromatic rings. The minimum atomic E-state index is -4.07. The van der Waals surface area contributed by atoms with Crippen molar-refractivity contribution in [2.75, 3.05) is 19.8 Å². The smallest absolute Gasteiger partial charge is 0.343 e. The molecule has 0 aliphatic carbocycles. The van der Waals surface area contributed by atoms with Crippen LogP contribution in [0.3, 0.4) is 0 Å². The zero-order chi connectivity index (χ0) is 32.7. The zero-order valence-corrected chi connectivity index (χ0v) is 25.8. The van der Waals surface area contributed by atoms with Crippen LogP contribution in [0.4, 0.5) is 8.78 Å². The lowest BCUT2D eigenvalue weighted by molar-refractivity contribution is -0.168. The number of aliphatic hydroxyl groups is 1. The minimum absolute atomic E-state index is 0.115. The molecule has 0 saturated carbocycles. The number of carbonyl (C=O) groups is 3. The summed E-state index contributed by atoms with van der Waals surface area (Å²) in [6, 6.07) is 21.1. The summed E-state index contributed by atoms with van der Waals surface area (Å²) in [5.41, 5.74) is 1.27. The first-order valence-corrected chi connectivity index (χ1v) is 15.4. The number of carbonyl (C=O) groups excluding carboxylic acids is 3. The van der Waals surface area contributed by atoms with E-state index in [1.54, 1.807) is 85.8 Å². The van der Waals surface area contributed by atoms with Gasteiger partial charge in [-0.1, -0.05) is 117 Å². The Kier molecular flexibility index (Phi) is 14.1. The third-order valence-corrected chi connectivity index (χ3v) is 7.46. The molecule has 242 valence electrons. The molecule has 0 unspecified atom stereocenters. The van der Waals surface area contributed by atoms with Crippen molar-refractivity contribution >= 4 is 17.8 Å². The summed E-state index contributed by atoms with van der Waals surface area (Å²) in [4.78, 5) is 40.7. The first-order chi connectivity index (χ1) is 21.7. The van der Waals surface area contributed by atoms with E-state index in [1.807, 2.05) is 6.92 Å². The maximum absolute atomic E-state index is 16.8. The maximum atomic E-state index is 16.8. The second-order valence-electron chi connectivity index (χ2n) is 10.7. The number of ether oxygens (including phenoxy) is 1. The maximum Gasteiger partial charge on any atom is 0.343 e. The van der Waals surface area contributed by atoms with E-state index in [1.165, 1.54) is 12.1 Å². The highest BCUT2D eigenvalue weighted by Gasteiger charge is 2.52. The number of amides is 2. The molecule has 0 fully saturated rings. The van der Waals surface area contributed by atoms with Crippen LogP contribution < -0.4 is 10.6 Å². The first-order valence-electron chi connectivity index (χ1n) is 15.4. The Morgan fingerprint density at radius 1 is 0.867 bits per heavy atom. The molecule has 0 bridgehead atoms.